The molecule has 2 heterocycles. The van der Waals surface area contributed by atoms with Crippen LogP contribution in [0.25, 0.3) is 0 Å². The zero-order valence-electron chi connectivity index (χ0n) is 18.3. The van der Waals surface area contributed by atoms with Gasteiger partial charge in [0.25, 0.3) is 5.91 Å². The lowest BCUT2D eigenvalue weighted by Crippen LogP contribution is -2.44. The molecule has 1 amide bonds. The van der Waals surface area contributed by atoms with Gasteiger partial charge in [-0.15, -0.1) is 0 Å². The molecule has 0 aromatic heterocycles. The summed E-state index contributed by atoms with van der Waals surface area (Å²) in [5.74, 6) is 0.886. The van der Waals surface area contributed by atoms with Crippen molar-refractivity contribution in [3.8, 4) is 5.75 Å². The highest BCUT2D eigenvalue weighted by atomic mass is 16.5. The van der Waals surface area contributed by atoms with Crippen LogP contribution >= 0.6 is 0 Å². The topological polar surface area (TPSA) is 41.6 Å². The van der Waals surface area contributed by atoms with E-state index in [2.05, 4.69) is 42.3 Å². The monoisotopic (exact) mass is 406 g/mol. The smallest absolute Gasteiger partial charge is 0.251 e. The third-order valence-electron chi connectivity index (χ3n) is 6.86. The second kappa shape index (κ2) is 9.22. The summed E-state index contributed by atoms with van der Waals surface area (Å²) in [6.45, 7) is 7.67. The Kier molecular flexibility index (Phi) is 6.43. The first-order chi connectivity index (χ1) is 14.6. The maximum absolute atomic E-state index is 13.0. The van der Waals surface area contributed by atoms with Gasteiger partial charge in [-0.3, -0.25) is 9.69 Å². The number of hydrogen-bond acceptors (Lipinski definition) is 3. The Morgan fingerprint density at radius 3 is 2.43 bits per heavy atom. The Morgan fingerprint density at radius 2 is 1.73 bits per heavy atom. The standard InChI is InChI=1S/C26H34N2O2/c1-3-26(4-2)18-23(22-10-6-7-11-24(22)30-26)27-25(29)21-14-12-20(13-15-21)19-28-16-8-5-9-17-28/h6-7,10-15,23H,3-5,8-9,16-19H2,1-2H3,(H,27,29)/t23-/m0/s1. The Morgan fingerprint density at radius 1 is 1.03 bits per heavy atom. The van der Waals surface area contributed by atoms with Gasteiger partial charge >= 0.3 is 0 Å². The highest BCUT2D eigenvalue weighted by molar-refractivity contribution is 5.94. The lowest BCUT2D eigenvalue weighted by molar-refractivity contribution is 0.0227. The molecule has 0 unspecified atom stereocenters. The predicted octanol–water partition coefficient (Wildman–Crippen LogP) is 5.48. The van der Waals surface area contributed by atoms with Gasteiger partial charge in [0.15, 0.2) is 0 Å². The maximum atomic E-state index is 13.0. The average molecular weight is 407 g/mol. The van der Waals surface area contributed by atoms with Crippen molar-refractivity contribution in [1.82, 2.24) is 10.2 Å². The fourth-order valence-corrected chi connectivity index (χ4v) is 4.81. The molecule has 4 nitrogen and oxygen atoms in total. The molecule has 0 bridgehead atoms. The molecule has 160 valence electrons. The first-order valence-corrected chi connectivity index (χ1v) is 11.5. The number of carbonyl (C=O) groups excluding carboxylic acids is 1. The molecule has 2 aliphatic heterocycles. The number of piperidine rings is 1. The van der Waals surface area contributed by atoms with Crippen LogP contribution in [0, 0.1) is 0 Å². The summed E-state index contributed by atoms with van der Waals surface area (Å²) in [7, 11) is 0. The van der Waals surface area contributed by atoms with Crippen LogP contribution in [0.3, 0.4) is 0 Å². The molecule has 0 aliphatic carbocycles. The zero-order chi connectivity index (χ0) is 21.0. The number of rotatable bonds is 6. The van der Waals surface area contributed by atoms with Crippen LogP contribution in [0.15, 0.2) is 48.5 Å². The Hall–Kier alpha value is -2.33. The number of fused-ring (bicyclic) bond motifs is 1. The number of ether oxygens (including phenoxy) is 1. The third-order valence-corrected chi connectivity index (χ3v) is 6.86. The van der Waals surface area contributed by atoms with E-state index in [1.54, 1.807) is 0 Å². The molecule has 30 heavy (non-hydrogen) atoms. The SMILES string of the molecule is CCC1(CC)C[C@H](NC(=O)c2ccc(CN3CCCCC3)cc2)c2ccccc2O1. The number of amides is 1. The molecule has 1 atom stereocenters. The van der Waals surface area contributed by atoms with Crippen molar-refractivity contribution < 1.29 is 9.53 Å². The van der Waals surface area contributed by atoms with Gasteiger partial charge in [0.1, 0.15) is 11.4 Å². The summed E-state index contributed by atoms with van der Waals surface area (Å²) in [6.07, 6.45) is 6.59. The van der Waals surface area contributed by atoms with Gasteiger partial charge in [-0.2, -0.15) is 0 Å². The molecule has 0 spiro atoms. The highest BCUT2D eigenvalue weighted by Gasteiger charge is 2.39. The van der Waals surface area contributed by atoms with Crippen molar-refractivity contribution in [1.29, 1.82) is 0 Å². The fourth-order valence-electron chi connectivity index (χ4n) is 4.81. The third kappa shape index (κ3) is 4.54. The van der Waals surface area contributed by atoms with Gasteiger partial charge in [0, 0.05) is 24.1 Å². The molecule has 1 fully saturated rings. The Labute approximate surface area is 180 Å². The Bertz CT molecular complexity index is 852. The van der Waals surface area contributed by atoms with E-state index < -0.39 is 0 Å². The lowest BCUT2D eigenvalue weighted by atomic mass is 9.83. The van der Waals surface area contributed by atoms with E-state index in [9.17, 15) is 4.79 Å². The summed E-state index contributed by atoms with van der Waals surface area (Å²) in [5, 5.41) is 3.29. The summed E-state index contributed by atoms with van der Waals surface area (Å²) in [4.78, 5) is 15.6. The summed E-state index contributed by atoms with van der Waals surface area (Å²) >= 11 is 0. The van der Waals surface area contributed by atoms with Crippen LogP contribution in [-0.2, 0) is 6.54 Å². The normalized spacial score (nSPS) is 20.8. The van der Waals surface area contributed by atoms with Gasteiger partial charge in [-0.05, 0) is 62.5 Å². The number of para-hydroxylation sites is 1. The summed E-state index contributed by atoms with van der Waals surface area (Å²) in [6, 6.07) is 16.2. The molecule has 4 heteroatoms. The minimum absolute atomic E-state index is 0.0117. The van der Waals surface area contributed by atoms with E-state index >= 15 is 0 Å². The average Bonchev–Trinajstić information content (AvgIpc) is 2.80. The van der Waals surface area contributed by atoms with Crippen molar-refractivity contribution >= 4 is 5.91 Å². The van der Waals surface area contributed by atoms with E-state index in [0.29, 0.717) is 0 Å². The molecule has 0 radical (unpaired) electrons. The number of benzene rings is 2. The molecule has 2 aromatic carbocycles. The van der Waals surface area contributed by atoms with Crippen molar-refractivity contribution in [2.24, 2.45) is 0 Å². The second-order valence-electron chi connectivity index (χ2n) is 8.79. The van der Waals surface area contributed by atoms with Gasteiger partial charge in [-0.25, -0.2) is 0 Å². The number of carbonyl (C=O) groups is 1. The first kappa shape index (κ1) is 20.9. The molecular formula is C26H34N2O2. The number of nitrogens with one attached hydrogen (secondary N) is 1. The molecule has 2 aliphatic rings. The van der Waals surface area contributed by atoms with E-state index in [4.69, 9.17) is 4.74 Å². The second-order valence-corrected chi connectivity index (χ2v) is 8.79. The lowest BCUT2D eigenvalue weighted by Gasteiger charge is -2.41. The van der Waals surface area contributed by atoms with E-state index in [-0.39, 0.29) is 17.6 Å². The molecule has 1 N–H and O–H groups in total. The van der Waals surface area contributed by atoms with Gasteiger partial charge < -0.3 is 10.1 Å². The van der Waals surface area contributed by atoms with Crippen molar-refractivity contribution in [2.75, 3.05) is 13.1 Å². The Balaban J connectivity index is 1.46. The largest absolute Gasteiger partial charge is 0.487 e. The molecule has 0 saturated carbocycles. The molecule has 4 rings (SSSR count). The molecule has 2 aromatic rings. The minimum Gasteiger partial charge on any atom is -0.487 e. The maximum Gasteiger partial charge on any atom is 0.251 e. The van der Waals surface area contributed by atoms with Crippen molar-refractivity contribution in [3.05, 3.63) is 65.2 Å². The van der Waals surface area contributed by atoms with Crippen molar-refractivity contribution in [2.45, 2.75) is 70.6 Å². The first-order valence-electron chi connectivity index (χ1n) is 11.5. The number of likely N-dealkylation sites (tertiary alicyclic amines) is 1. The van der Waals surface area contributed by atoms with Crippen LogP contribution in [-0.4, -0.2) is 29.5 Å². The molecular weight excluding hydrogens is 372 g/mol. The van der Waals surface area contributed by atoms with Crippen molar-refractivity contribution in [3.63, 3.8) is 0 Å². The number of hydrogen-bond donors (Lipinski definition) is 1. The summed E-state index contributed by atoms with van der Waals surface area (Å²) < 4.78 is 6.37. The van der Waals surface area contributed by atoms with Crippen LogP contribution in [0.4, 0.5) is 0 Å². The van der Waals surface area contributed by atoms with Gasteiger partial charge in [0.05, 0.1) is 6.04 Å². The minimum atomic E-state index is -0.218. The van der Waals surface area contributed by atoms with E-state index in [1.165, 1.54) is 37.9 Å². The summed E-state index contributed by atoms with van der Waals surface area (Å²) in [5.41, 5.74) is 2.86. The molecule has 1 saturated heterocycles. The zero-order valence-corrected chi connectivity index (χ0v) is 18.3. The van der Waals surface area contributed by atoms with Crippen LogP contribution in [0.2, 0.25) is 0 Å². The van der Waals surface area contributed by atoms with Crippen LogP contribution in [0.5, 0.6) is 5.75 Å². The van der Waals surface area contributed by atoms with Gasteiger partial charge in [-0.1, -0.05) is 50.6 Å². The quantitative estimate of drug-likeness (QED) is 0.690. The van der Waals surface area contributed by atoms with E-state index in [0.717, 1.165) is 42.7 Å². The highest BCUT2D eigenvalue weighted by Crippen LogP contribution is 2.42. The van der Waals surface area contributed by atoms with Gasteiger partial charge in [0.2, 0.25) is 0 Å². The van der Waals surface area contributed by atoms with Crippen LogP contribution < -0.4 is 10.1 Å². The number of nitrogens with zero attached hydrogens (tertiary/aromatic N) is 1. The predicted molar refractivity (Wildman–Crippen MR) is 121 cm³/mol. The fraction of sp³-hybridized carbons (Fsp3) is 0.500. The van der Waals surface area contributed by atoms with E-state index in [1.807, 2.05) is 30.3 Å². The van der Waals surface area contributed by atoms with Crippen LogP contribution in [0.1, 0.15) is 79.9 Å².